The van der Waals surface area contributed by atoms with Crippen LogP contribution in [0.2, 0.25) is 0 Å². The van der Waals surface area contributed by atoms with Gasteiger partial charge >= 0.3 is 0 Å². The van der Waals surface area contributed by atoms with Gasteiger partial charge in [0, 0.05) is 19.4 Å². The minimum Gasteiger partial charge on any atom is -0.368 e. The molecule has 13 heteroatoms. The third kappa shape index (κ3) is 11.9. The molecule has 0 bridgehead atoms. The van der Waals surface area contributed by atoms with Crippen LogP contribution >= 0.6 is 0 Å². The van der Waals surface area contributed by atoms with Crippen molar-refractivity contribution in [2.45, 2.75) is 96.8 Å². The van der Waals surface area contributed by atoms with E-state index in [1.54, 1.807) is 6.92 Å². The lowest BCUT2D eigenvalue weighted by Crippen LogP contribution is -2.60. The predicted molar refractivity (Wildman–Crippen MR) is 162 cm³/mol. The van der Waals surface area contributed by atoms with Crippen molar-refractivity contribution in [1.29, 1.82) is 0 Å². The van der Waals surface area contributed by atoms with Gasteiger partial charge in [0.25, 0.3) is 0 Å². The molecule has 0 unspecified atom stereocenters. The van der Waals surface area contributed by atoms with Crippen LogP contribution in [0.25, 0.3) is 0 Å². The summed E-state index contributed by atoms with van der Waals surface area (Å²) in [6, 6.07) is -4.01. The molecule has 1 saturated heterocycles. The first-order chi connectivity index (χ1) is 20.9. The fourth-order valence-electron chi connectivity index (χ4n) is 4.84. The molecule has 5 atom stereocenters. The standard InChI is InChI=1S/C31H46N6O7/c1-5-21(4)27-31(43)35-23(29(41)34-22(28(32)40)17-20(2)3)19-44-16-11-9-7-6-8-10-14-25(38)33-18-26(39)37-15-12-13-24(37)30(42)36-27/h20-24,27H,5,8,10,12-19H2,1-4H3,(H2,32,40)(H,33,38)(H,34,41)(H,35,43)(H,36,42)/t21-,22-,23-,24-,27-/m0/s1. The molecule has 0 aromatic rings. The van der Waals surface area contributed by atoms with Crippen molar-refractivity contribution >= 4 is 35.4 Å². The zero-order valence-corrected chi connectivity index (χ0v) is 26.1. The Kier molecular flexibility index (Phi) is 15.2. The summed E-state index contributed by atoms with van der Waals surface area (Å²) in [6.07, 6.45) is 2.92. The molecule has 2 rings (SSSR count). The van der Waals surface area contributed by atoms with Crippen LogP contribution in [0.15, 0.2) is 0 Å². The SMILES string of the molecule is CC[C@H](C)[C@@H]1NC(=O)[C@@H]2CCCN2C(=O)CNC(=O)CCCC#CC#CCOC[C@@H](C(=O)N[C@@H](CC(C)C)C(N)=O)NC1=O. The Bertz CT molecular complexity index is 1180. The van der Waals surface area contributed by atoms with E-state index >= 15 is 0 Å². The van der Waals surface area contributed by atoms with Crippen molar-refractivity contribution in [3.05, 3.63) is 0 Å². The maximum atomic E-state index is 13.6. The van der Waals surface area contributed by atoms with Gasteiger partial charge in [-0.1, -0.05) is 46.0 Å². The number of hydrogen-bond donors (Lipinski definition) is 5. The van der Waals surface area contributed by atoms with Gasteiger partial charge in [0.15, 0.2) is 0 Å². The van der Waals surface area contributed by atoms with Crippen LogP contribution in [0.1, 0.15) is 72.6 Å². The average molecular weight is 615 g/mol. The third-order valence-corrected chi connectivity index (χ3v) is 7.51. The highest BCUT2D eigenvalue weighted by Crippen LogP contribution is 2.19. The Morgan fingerprint density at radius 3 is 2.48 bits per heavy atom. The number of carbonyl (C=O) groups is 6. The van der Waals surface area contributed by atoms with Crippen molar-refractivity contribution in [2.24, 2.45) is 17.6 Å². The summed E-state index contributed by atoms with van der Waals surface area (Å²) in [5.74, 6) is 7.41. The normalized spacial score (nSPS) is 23.9. The first kappa shape index (κ1) is 36.1. The van der Waals surface area contributed by atoms with E-state index in [1.807, 2.05) is 20.8 Å². The fourth-order valence-corrected chi connectivity index (χ4v) is 4.84. The lowest BCUT2D eigenvalue weighted by Gasteiger charge is -2.30. The molecule has 0 aliphatic carbocycles. The largest absolute Gasteiger partial charge is 0.368 e. The molecule has 0 aromatic heterocycles. The summed E-state index contributed by atoms with van der Waals surface area (Å²) in [5, 5.41) is 10.7. The Morgan fingerprint density at radius 2 is 1.80 bits per heavy atom. The predicted octanol–water partition coefficient (Wildman–Crippen LogP) is -0.667. The molecule has 242 valence electrons. The van der Waals surface area contributed by atoms with Gasteiger partial charge < -0.3 is 36.6 Å². The van der Waals surface area contributed by atoms with Crippen molar-refractivity contribution in [3.63, 3.8) is 0 Å². The monoisotopic (exact) mass is 614 g/mol. The Hall–Kier alpha value is -4.10. The Morgan fingerprint density at radius 1 is 1.07 bits per heavy atom. The van der Waals surface area contributed by atoms with Gasteiger partial charge in [0.1, 0.15) is 30.8 Å². The second-order valence-electron chi connectivity index (χ2n) is 11.5. The van der Waals surface area contributed by atoms with E-state index in [9.17, 15) is 28.8 Å². The summed E-state index contributed by atoms with van der Waals surface area (Å²) in [6.45, 7) is 7.16. The second-order valence-corrected chi connectivity index (χ2v) is 11.5. The van der Waals surface area contributed by atoms with Crippen molar-refractivity contribution < 1.29 is 33.5 Å². The van der Waals surface area contributed by atoms with E-state index in [-0.39, 0.29) is 43.9 Å². The number of primary amides is 1. The second kappa shape index (κ2) is 18.5. The Balaban J connectivity index is 2.33. The summed E-state index contributed by atoms with van der Waals surface area (Å²) >= 11 is 0. The minimum absolute atomic E-state index is 0.0609. The minimum atomic E-state index is -1.22. The molecule has 2 heterocycles. The molecule has 0 aromatic carbocycles. The highest BCUT2D eigenvalue weighted by atomic mass is 16.5. The van der Waals surface area contributed by atoms with E-state index < -0.39 is 53.7 Å². The molecule has 1 fully saturated rings. The highest BCUT2D eigenvalue weighted by molar-refractivity contribution is 5.96. The van der Waals surface area contributed by atoms with Crippen LogP contribution in [0.5, 0.6) is 0 Å². The van der Waals surface area contributed by atoms with E-state index in [2.05, 4.69) is 44.9 Å². The van der Waals surface area contributed by atoms with Crippen LogP contribution in [0.4, 0.5) is 0 Å². The van der Waals surface area contributed by atoms with Crippen LogP contribution in [0.3, 0.4) is 0 Å². The van der Waals surface area contributed by atoms with Gasteiger partial charge in [-0.15, -0.1) is 0 Å². The number of carbonyl (C=O) groups excluding carboxylic acids is 6. The quantitative estimate of drug-likeness (QED) is 0.235. The molecule has 2 aliphatic rings. The van der Waals surface area contributed by atoms with Gasteiger partial charge in [-0.3, -0.25) is 28.8 Å². The van der Waals surface area contributed by atoms with Crippen LogP contribution in [-0.4, -0.2) is 90.8 Å². The summed E-state index contributed by atoms with van der Waals surface area (Å²) in [5.41, 5.74) is 5.51. The summed E-state index contributed by atoms with van der Waals surface area (Å²) < 4.78 is 5.56. The molecular weight excluding hydrogens is 568 g/mol. The molecular formula is C31H46N6O7. The number of rotatable bonds is 7. The zero-order chi connectivity index (χ0) is 32.6. The summed E-state index contributed by atoms with van der Waals surface area (Å²) in [7, 11) is 0. The van der Waals surface area contributed by atoms with Crippen molar-refractivity contribution in [3.8, 4) is 23.7 Å². The van der Waals surface area contributed by atoms with E-state index in [0.29, 0.717) is 45.1 Å². The molecule has 2 aliphatic heterocycles. The molecule has 13 nitrogen and oxygen atoms in total. The maximum Gasteiger partial charge on any atom is 0.245 e. The third-order valence-electron chi connectivity index (χ3n) is 7.51. The van der Waals surface area contributed by atoms with Gasteiger partial charge in [0.2, 0.25) is 35.4 Å². The van der Waals surface area contributed by atoms with Gasteiger partial charge in [-0.2, -0.15) is 0 Å². The molecule has 6 N–H and O–H groups in total. The average Bonchev–Trinajstić information content (AvgIpc) is 3.47. The number of amides is 6. The maximum absolute atomic E-state index is 13.6. The van der Waals surface area contributed by atoms with Crippen molar-refractivity contribution in [1.82, 2.24) is 26.2 Å². The number of ether oxygens (including phenoxy) is 1. The zero-order valence-electron chi connectivity index (χ0n) is 26.1. The smallest absolute Gasteiger partial charge is 0.245 e. The van der Waals surface area contributed by atoms with Gasteiger partial charge in [0.05, 0.1) is 13.2 Å². The number of nitrogens with zero attached hydrogens (tertiary/aromatic N) is 1. The number of nitrogens with one attached hydrogen (secondary N) is 4. The van der Waals surface area contributed by atoms with E-state index in [1.165, 1.54) is 4.90 Å². The van der Waals surface area contributed by atoms with E-state index in [0.717, 1.165) is 0 Å². The molecule has 0 spiro atoms. The first-order valence-corrected chi connectivity index (χ1v) is 15.2. The summed E-state index contributed by atoms with van der Waals surface area (Å²) in [4.78, 5) is 78.8. The first-order valence-electron chi connectivity index (χ1n) is 15.2. The number of fused-ring (bicyclic) bond motifs is 1. The fraction of sp³-hybridized carbons (Fsp3) is 0.677. The molecule has 0 radical (unpaired) electrons. The van der Waals surface area contributed by atoms with Crippen molar-refractivity contribution in [2.75, 3.05) is 26.3 Å². The lowest BCUT2D eigenvalue weighted by molar-refractivity contribution is -0.140. The van der Waals surface area contributed by atoms with Crippen LogP contribution in [-0.2, 0) is 33.5 Å². The van der Waals surface area contributed by atoms with Crippen LogP contribution < -0.4 is 27.0 Å². The number of nitrogens with two attached hydrogens (primary N) is 1. The topological polar surface area (TPSA) is 189 Å². The van der Waals surface area contributed by atoms with Gasteiger partial charge in [-0.05, 0) is 49.4 Å². The van der Waals surface area contributed by atoms with Crippen LogP contribution in [0, 0.1) is 35.5 Å². The molecule has 0 saturated carbocycles. The molecule has 44 heavy (non-hydrogen) atoms. The van der Waals surface area contributed by atoms with E-state index in [4.69, 9.17) is 10.5 Å². The molecule has 6 amide bonds. The highest BCUT2D eigenvalue weighted by Gasteiger charge is 2.38. The lowest BCUT2D eigenvalue weighted by atomic mass is 9.97. The Labute approximate surface area is 259 Å². The van der Waals surface area contributed by atoms with Gasteiger partial charge in [-0.25, -0.2) is 0 Å². The number of hydrogen-bond acceptors (Lipinski definition) is 7.